The molecule has 0 fully saturated rings. The smallest absolute Gasteiger partial charge is 0 e. The van der Waals surface area contributed by atoms with Gasteiger partial charge < -0.3 is 0 Å². The molecule has 0 saturated heterocycles. The van der Waals surface area contributed by atoms with Crippen LogP contribution in [0.5, 0.6) is 0 Å². The third-order valence-electron chi connectivity index (χ3n) is 0. The molecule has 2 radical (unpaired) electrons. The van der Waals surface area contributed by atoms with Crippen LogP contribution in [0, 0.1) is 73.3 Å². The van der Waals surface area contributed by atoms with Crippen LogP contribution in [-0.2, 0) is 0 Å². The first-order valence-corrected chi connectivity index (χ1v) is 0. The molecule has 0 heterocycles. The van der Waals surface area contributed by atoms with E-state index in [0.717, 1.165) is 0 Å². The minimum absolute atomic E-state index is 0. The zero-order chi connectivity index (χ0) is 0. The van der Waals surface area contributed by atoms with Gasteiger partial charge in [-0.15, -0.1) is 0 Å². The van der Waals surface area contributed by atoms with Crippen LogP contribution in [0.4, 0.5) is 14.1 Å². The van der Waals surface area contributed by atoms with Crippen molar-refractivity contribution < 1.29 is 87.5 Å². The fourth-order valence-electron chi connectivity index (χ4n) is 0. The van der Waals surface area contributed by atoms with E-state index in [-0.39, 0.29) is 87.5 Å². The average Bonchev–Trinajstić information content (AvgIpc) is 0. The summed E-state index contributed by atoms with van der Waals surface area (Å²) in [5.74, 6) is 0. The van der Waals surface area contributed by atoms with Gasteiger partial charge >= 0.3 is 0 Å². The van der Waals surface area contributed by atoms with Crippen molar-refractivity contribution in [3.63, 3.8) is 0 Å². The molecule has 0 nitrogen and oxygen atoms in total. The molecule has 0 aromatic rings. The summed E-state index contributed by atoms with van der Waals surface area (Å²) in [5.41, 5.74) is 0. The van der Waals surface area contributed by atoms with Crippen molar-refractivity contribution >= 4 is 0 Å². The first-order valence-electron chi connectivity index (χ1n) is 0. The van der Waals surface area contributed by atoms with Crippen molar-refractivity contribution in [2.45, 2.75) is 0 Å². The van der Waals surface area contributed by atoms with E-state index in [9.17, 15) is 0 Å². The normalized spacial score (nSPS) is 0. The van der Waals surface area contributed by atoms with Gasteiger partial charge in [-0.05, 0) is 0 Å². The summed E-state index contributed by atoms with van der Waals surface area (Å²) < 4.78 is 0. The number of hydrogen-bond acceptors (Lipinski definition) is 0. The number of hydrogen-bond donors (Lipinski definition) is 0. The van der Waals surface area contributed by atoms with Crippen molar-refractivity contribution in [1.82, 2.24) is 0 Å². The van der Waals surface area contributed by atoms with Gasteiger partial charge in [0.1, 0.15) is 0 Å². The summed E-state index contributed by atoms with van der Waals surface area (Å²) in [6, 6.07) is 0. The van der Waals surface area contributed by atoms with Crippen LogP contribution in [0.15, 0.2) is 0 Å². The first-order chi connectivity index (χ1) is 0. The van der Waals surface area contributed by atoms with E-state index >= 15 is 0 Å². The molecule has 0 aliphatic heterocycles. The van der Waals surface area contributed by atoms with Crippen molar-refractivity contribution in [3.05, 3.63) is 0 Å². The van der Waals surface area contributed by atoms with Gasteiger partial charge in [0.2, 0.25) is 0 Å². The molecule has 38 valence electrons. The molecule has 0 aromatic heterocycles. The van der Waals surface area contributed by atoms with Gasteiger partial charge in [-0.3, -0.25) is 14.1 Å². The molecule has 0 saturated carbocycles. The van der Waals surface area contributed by atoms with Gasteiger partial charge in [0.05, 0.1) is 0 Å². The van der Waals surface area contributed by atoms with E-state index in [1.54, 1.807) is 0 Å². The Labute approximate surface area is 85.8 Å². The van der Waals surface area contributed by atoms with Gasteiger partial charge in [0.25, 0.3) is 0 Å². The molecular formula is H3F3HoLa. The number of halogens is 3. The van der Waals surface area contributed by atoms with Crippen molar-refractivity contribution in [3.8, 4) is 0 Å². The summed E-state index contributed by atoms with van der Waals surface area (Å²) in [7, 11) is 0. The molecule has 5 heteroatoms. The Bertz CT molecular complexity index is 6.85. The molecule has 0 aliphatic carbocycles. The molecule has 0 aromatic carbocycles. The zero-order valence-electron chi connectivity index (χ0n) is 2.10. The predicted octanol–water partition coefficient (Wildman–Crippen LogP) is 0.458. The molecule has 0 atom stereocenters. The van der Waals surface area contributed by atoms with Crippen LogP contribution in [0.2, 0.25) is 0 Å². The van der Waals surface area contributed by atoms with E-state index in [1.807, 2.05) is 0 Å². The number of rotatable bonds is 0. The van der Waals surface area contributed by atoms with E-state index in [0.29, 0.717) is 0 Å². The SMILES string of the molecule is F.F.F.[Ho].[La]. The third kappa shape index (κ3) is 22.3. The molecule has 0 spiro atoms. The van der Waals surface area contributed by atoms with Crippen molar-refractivity contribution in [2.24, 2.45) is 0 Å². The van der Waals surface area contributed by atoms with Crippen LogP contribution in [-0.4, -0.2) is 0 Å². The summed E-state index contributed by atoms with van der Waals surface area (Å²) in [6.45, 7) is 0. The molecule has 0 rings (SSSR count). The largest absolute Gasteiger partial charge is 0.269 e. The van der Waals surface area contributed by atoms with Gasteiger partial charge in [-0.1, -0.05) is 0 Å². The maximum absolute atomic E-state index is 0. The Kier molecular flexibility index (Phi) is 382. The minimum atomic E-state index is 0. The Balaban J connectivity index is 0. The quantitative estimate of drug-likeness (QED) is 0.549. The minimum Gasteiger partial charge on any atom is -0.269 e. The van der Waals surface area contributed by atoms with Gasteiger partial charge in [-0.25, -0.2) is 0 Å². The Hall–Kier alpha value is 2.24. The monoisotopic (exact) mass is 364 g/mol. The summed E-state index contributed by atoms with van der Waals surface area (Å²) in [4.78, 5) is 0. The van der Waals surface area contributed by atoms with Gasteiger partial charge in [-0.2, -0.15) is 0 Å². The molecule has 0 amide bonds. The Morgan fingerprint density at radius 2 is 0.600 bits per heavy atom. The van der Waals surface area contributed by atoms with Crippen molar-refractivity contribution in [1.29, 1.82) is 0 Å². The molecule has 5 heavy (non-hydrogen) atoms. The predicted molar refractivity (Wildman–Crippen MR) is 7.51 cm³/mol. The second-order valence-corrected chi connectivity index (χ2v) is 0. The van der Waals surface area contributed by atoms with E-state index < -0.39 is 0 Å². The molecule has 0 N–H and O–H groups in total. The van der Waals surface area contributed by atoms with Gasteiger partial charge in [0.15, 0.2) is 0 Å². The van der Waals surface area contributed by atoms with E-state index in [4.69, 9.17) is 0 Å². The van der Waals surface area contributed by atoms with Crippen LogP contribution in [0.1, 0.15) is 0 Å². The van der Waals surface area contributed by atoms with Gasteiger partial charge in [0, 0.05) is 73.3 Å². The Morgan fingerprint density at radius 1 is 0.600 bits per heavy atom. The van der Waals surface area contributed by atoms with E-state index in [2.05, 4.69) is 0 Å². The second kappa shape index (κ2) is 34.1. The zero-order valence-corrected chi connectivity index (χ0v) is 7.66. The van der Waals surface area contributed by atoms with Crippen LogP contribution < -0.4 is 0 Å². The Morgan fingerprint density at radius 3 is 0.600 bits per heavy atom. The average molecular weight is 364 g/mol. The standard InChI is InChI=1S/3FH.Ho.La/h3*1H;;. The first kappa shape index (κ1) is 56.1. The summed E-state index contributed by atoms with van der Waals surface area (Å²) in [6.07, 6.45) is 0. The molecular weight excluding hydrogens is 361 g/mol. The molecule has 0 bridgehead atoms. The third-order valence-corrected chi connectivity index (χ3v) is 0. The fraction of sp³-hybridized carbons (Fsp3) is 0. The fourth-order valence-corrected chi connectivity index (χ4v) is 0. The maximum atomic E-state index is 0. The van der Waals surface area contributed by atoms with Crippen LogP contribution in [0.3, 0.4) is 0 Å². The van der Waals surface area contributed by atoms with E-state index in [1.165, 1.54) is 0 Å². The molecule has 0 aliphatic rings. The second-order valence-electron chi connectivity index (χ2n) is 0. The maximum Gasteiger partial charge on any atom is 0 e. The summed E-state index contributed by atoms with van der Waals surface area (Å²) in [5, 5.41) is 0. The van der Waals surface area contributed by atoms with Crippen LogP contribution in [0.25, 0.3) is 0 Å². The summed E-state index contributed by atoms with van der Waals surface area (Å²) >= 11 is 0. The van der Waals surface area contributed by atoms with Crippen molar-refractivity contribution in [2.75, 3.05) is 0 Å². The molecule has 0 unspecified atom stereocenters. The van der Waals surface area contributed by atoms with Crippen LogP contribution >= 0.6 is 0 Å². The topological polar surface area (TPSA) is 0 Å².